The highest BCUT2D eigenvalue weighted by atomic mass is 127. The molecule has 1 aromatic heterocycles. The van der Waals surface area contributed by atoms with Gasteiger partial charge < -0.3 is 5.32 Å². The van der Waals surface area contributed by atoms with E-state index in [1.54, 1.807) is 0 Å². The molecule has 3 heteroatoms. The van der Waals surface area contributed by atoms with Gasteiger partial charge in [0.2, 0.25) is 0 Å². The Morgan fingerprint density at radius 1 is 1.13 bits per heavy atom. The predicted molar refractivity (Wildman–Crippen MR) is 75.7 cm³/mol. The van der Waals surface area contributed by atoms with E-state index in [0.717, 1.165) is 13.0 Å². The molecule has 0 saturated carbocycles. The first-order valence-electron chi connectivity index (χ1n) is 4.86. The molecule has 0 aliphatic heterocycles. The third kappa shape index (κ3) is 3.50. The molecule has 0 radical (unpaired) electrons. The summed E-state index contributed by atoms with van der Waals surface area (Å²) in [4.78, 5) is 1.44. The van der Waals surface area contributed by atoms with E-state index in [2.05, 4.69) is 69.7 Å². The van der Waals surface area contributed by atoms with Crippen LogP contribution in [0, 0.1) is 3.57 Å². The molecule has 0 saturated heterocycles. The van der Waals surface area contributed by atoms with Crippen LogP contribution in [0.4, 0.5) is 5.69 Å². The van der Waals surface area contributed by atoms with Gasteiger partial charge in [-0.25, -0.2) is 0 Å². The Morgan fingerprint density at radius 2 is 1.93 bits per heavy atom. The summed E-state index contributed by atoms with van der Waals surface area (Å²) in [6.45, 7) is 1.00. The van der Waals surface area contributed by atoms with Gasteiger partial charge in [0.25, 0.3) is 0 Å². The van der Waals surface area contributed by atoms with Crippen LogP contribution in [0.3, 0.4) is 0 Å². The molecule has 0 bridgehead atoms. The predicted octanol–water partition coefficient (Wildman–Crippen LogP) is 4.01. The number of anilines is 1. The van der Waals surface area contributed by atoms with Crippen molar-refractivity contribution >= 4 is 39.6 Å². The standard InChI is InChI=1S/C12H12INS/c13-10-3-5-11(6-4-10)14-8-7-12-2-1-9-15-12/h1-6,9,14H,7-8H2. The lowest BCUT2D eigenvalue weighted by Gasteiger charge is -2.04. The second-order valence-electron chi connectivity index (χ2n) is 3.26. The van der Waals surface area contributed by atoms with Gasteiger partial charge >= 0.3 is 0 Å². The van der Waals surface area contributed by atoms with Crippen molar-refractivity contribution in [2.24, 2.45) is 0 Å². The van der Waals surface area contributed by atoms with E-state index in [9.17, 15) is 0 Å². The van der Waals surface area contributed by atoms with Gasteiger partial charge in [-0.3, -0.25) is 0 Å². The van der Waals surface area contributed by atoms with Crippen LogP contribution in [0.15, 0.2) is 41.8 Å². The third-order valence-electron chi connectivity index (χ3n) is 2.12. The van der Waals surface area contributed by atoms with Crippen molar-refractivity contribution in [2.75, 3.05) is 11.9 Å². The van der Waals surface area contributed by atoms with Gasteiger partial charge in [-0.05, 0) is 64.7 Å². The van der Waals surface area contributed by atoms with E-state index < -0.39 is 0 Å². The van der Waals surface area contributed by atoms with E-state index in [-0.39, 0.29) is 0 Å². The number of rotatable bonds is 4. The van der Waals surface area contributed by atoms with Crippen LogP contribution in [0.1, 0.15) is 4.88 Å². The van der Waals surface area contributed by atoms with Gasteiger partial charge in [0.1, 0.15) is 0 Å². The topological polar surface area (TPSA) is 12.0 Å². The normalized spacial score (nSPS) is 10.2. The maximum Gasteiger partial charge on any atom is 0.0340 e. The van der Waals surface area contributed by atoms with Gasteiger partial charge in [0, 0.05) is 20.7 Å². The SMILES string of the molecule is Ic1ccc(NCCc2cccs2)cc1. The minimum atomic E-state index is 1.00. The highest BCUT2D eigenvalue weighted by molar-refractivity contribution is 14.1. The highest BCUT2D eigenvalue weighted by Crippen LogP contribution is 2.12. The van der Waals surface area contributed by atoms with E-state index in [0.29, 0.717) is 0 Å². The number of benzene rings is 1. The highest BCUT2D eigenvalue weighted by Gasteiger charge is 1.94. The van der Waals surface area contributed by atoms with Gasteiger partial charge in [-0.2, -0.15) is 0 Å². The average molecular weight is 329 g/mol. The zero-order valence-corrected chi connectivity index (χ0v) is 11.2. The number of thiophene rings is 1. The average Bonchev–Trinajstić information content (AvgIpc) is 2.74. The van der Waals surface area contributed by atoms with Crippen molar-refractivity contribution in [1.29, 1.82) is 0 Å². The van der Waals surface area contributed by atoms with Crippen molar-refractivity contribution in [2.45, 2.75) is 6.42 Å². The fraction of sp³-hybridized carbons (Fsp3) is 0.167. The smallest absolute Gasteiger partial charge is 0.0340 e. The van der Waals surface area contributed by atoms with Crippen molar-refractivity contribution in [1.82, 2.24) is 0 Å². The van der Waals surface area contributed by atoms with E-state index in [4.69, 9.17) is 0 Å². The summed E-state index contributed by atoms with van der Waals surface area (Å²) >= 11 is 4.14. The van der Waals surface area contributed by atoms with E-state index >= 15 is 0 Å². The first kappa shape index (κ1) is 11.0. The van der Waals surface area contributed by atoms with Crippen LogP contribution in [-0.4, -0.2) is 6.54 Å². The van der Waals surface area contributed by atoms with Crippen molar-refractivity contribution < 1.29 is 0 Å². The molecule has 2 aromatic rings. The summed E-state index contributed by atoms with van der Waals surface area (Å²) in [7, 11) is 0. The fourth-order valence-electron chi connectivity index (χ4n) is 1.35. The third-order valence-corrected chi connectivity index (χ3v) is 3.78. The number of halogens is 1. The molecule has 0 aliphatic rings. The minimum Gasteiger partial charge on any atom is -0.385 e. The second-order valence-corrected chi connectivity index (χ2v) is 5.54. The largest absolute Gasteiger partial charge is 0.385 e. The van der Waals surface area contributed by atoms with Crippen LogP contribution >= 0.6 is 33.9 Å². The van der Waals surface area contributed by atoms with Crippen molar-refractivity contribution in [3.8, 4) is 0 Å². The summed E-state index contributed by atoms with van der Waals surface area (Å²) in [5.41, 5.74) is 1.20. The number of nitrogens with one attached hydrogen (secondary N) is 1. The molecule has 1 heterocycles. The minimum absolute atomic E-state index is 1.00. The van der Waals surface area contributed by atoms with Crippen LogP contribution in [0.5, 0.6) is 0 Å². The Hall–Kier alpha value is -0.550. The first-order valence-corrected chi connectivity index (χ1v) is 6.82. The lowest BCUT2D eigenvalue weighted by molar-refractivity contribution is 1.04. The van der Waals surface area contributed by atoms with Crippen LogP contribution < -0.4 is 5.32 Å². The zero-order valence-electron chi connectivity index (χ0n) is 8.24. The molecular formula is C12H12INS. The van der Waals surface area contributed by atoms with Crippen molar-refractivity contribution in [3.05, 3.63) is 50.2 Å². The molecule has 0 unspecified atom stereocenters. The monoisotopic (exact) mass is 329 g/mol. The molecule has 1 nitrogen and oxygen atoms in total. The molecule has 0 fully saturated rings. The zero-order chi connectivity index (χ0) is 10.5. The van der Waals surface area contributed by atoms with Crippen LogP contribution in [0.2, 0.25) is 0 Å². The lowest BCUT2D eigenvalue weighted by atomic mass is 10.3. The van der Waals surface area contributed by atoms with E-state index in [1.807, 2.05) is 11.3 Å². The van der Waals surface area contributed by atoms with Crippen molar-refractivity contribution in [3.63, 3.8) is 0 Å². The quantitative estimate of drug-likeness (QED) is 0.836. The molecule has 15 heavy (non-hydrogen) atoms. The summed E-state index contributed by atoms with van der Waals surface area (Å²) in [6, 6.07) is 12.8. The molecule has 0 aliphatic carbocycles. The maximum atomic E-state index is 3.41. The Bertz CT molecular complexity index is 394. The van der Waals surface area contributed by atoms with Gasteiger partial charge in [0.15, 0.2) is 0 Å². The summed E-state index contributed by atoms with van der Waals surface area (Å²) in [5, 5.41) is 5.54. The Morgan fingerprint density at radius 3 is 2.60 bits per heavy atom. The summed E-state index contributed by atoms with van der Waals surface area (Å²) < 4.78 is 1.27. The van der Waals surface area contributed by atoms with E-state index in [1.165, 1.54) is 14.1 Å². The summed E-state index contributed by atoms with van der Waals surface area (Å²) in [5.74, 6) is 0. The molecule has 1 aromatic carbocycles. The molecule has 0 atom stereocenters. The molecule has 2 rings (SSSR count). The fourth-order valence-corrected chi connectivity index (χ4v) is 2.42. The Balaban J connectivity index is 1.81. The molecule has 0 amide bonds. The second kappa shape index (κ2) is 5.51. The molecule has 0 spiro atoms. The molecule has 78 valence electrons. The molecular weight excluding hydrogens is 317 g/mol. The maximum absolute atomic E-state index is 3.41. The van der Waals surface area contributed by atoms with Gasteiger partial charge in [0.05, 0.1) is 0 Å². The first-order chi connectivity index (χ1) is 7.34. The van der Waals surface area contributed by atoms with Crippen LogP contribution in [0.25, 0.3) is 0 Å². The number of hydrogen-bond donors (Lipinski definition) is 1. The Labute approximate surface area is 108 Å². The summed E-state index contributed by atoms with van der Waals surface area (Å²) in [6.07, 6.45) is 1.10. The van der Waals surface area contributed by atoms with Crippen LogP contribution in [-0.2, 0) is 6.42 Å². The lowest BCUT2D eigenvalue weighted by Crippen LogP contribution is -2.03. The van der Waals surface area contributed by atoms with Gasteiger partial charge in [-0.15, -0.1) is 11.3 Å². The van der Waals surface area contributed by atoms with Gasteiger partial charge in [-0.1, -0.05) is 6.07 Å². The number of hydrogen-bond acceptors (Lipinski definition) is 2. The Kier molecular flexibility index (Phi) is 4.02. The molecule has 1 N–H and O–H groups in total.